The molecule has 0 heterocycles. The first-order valence-electron chi connectivity index (χ1n) is 7.77. The van der Waals surface area contributed by atoms with Gasteiger partial charge in [-0.15, -0.1) is 0 Å². The molecule has 104 valence electrons. The maximum Gasteiger partial charge on any atom is 0.246 e. The van der Waals surface area contributed by atoms with Crippen molar-refractivity contribution in [3.8, 4) is 0 Å². The van der Waals surface area contributed by atoms with Gasteiger partial charge in [-0.1, -0.05) is 44.9 Å². The van der Waals surface area contributed by atoms with Gasteiger partial charge in [0.25, 0.3) is 0 Å². The number of hydrogen-bond donors (Lipinski definition) is 2. The summed E-state index contributed by atoms with van der Waals surface area (Å²) in [4.78, 5) is 12.1. The van der Waals surface area contributed by atoms with Gasteiger partial charge in [-0.05, 0) is 37.5 Å². The van der Waals surface area contributed by atoms with E-state index in [0.29, 0.717) is 11.8 Å². The van der Waals surface area contributed by atoms with E-state index in [4.69, 9.17) is 5.21 Å². The van der Waals surface area contributed by atoms with Gasteiger partial charge < -0.3 is 0 Å². The molecule has 2 aliphatic rings. The number of carbonyl (C=O) groups excluding carboxylic acids is 1. The Morgan fingerprint density at radius 2 is 1.22 bits per heavy atom. The predicted molar refractivity (Wildman–Crippen MR) is 71.2 cm³/mol. The fourth-order valence-electron chi connectivity index (χ4n) is 4.05. The summed E-state index contributed by atoms with van der Waals surface area (Å²) < 4.78 is 0. The van der Waals surface area contributed by atoms with E-state index in [2.05, 4.69) is 0 Å². The van der Waals surface area contributed by atoms with Crippen molar-refractivity contribution in [3.05, 3.63) is 0 Å². The zero-order valence-electron chi connectivity index (χ0n) is 11.4. The molecule has 2 aliphatic carbocycles. The standard InChI is InChI=1S/C15H27NO2/c17-15(16-18)14(13-10-6-3-7-11-13)12-8-4-1-2-5-9-12/h12-14,18H,1-11H2,(H,16,17). The van der Waals surface area contributed by atoms with Crippen LogP contribution in [0.15, 0.2) is 0 Å². The normalized spacial score (nSPS) is 25.4. The fraction of sp³-hybridized carbons (Fsp3) is 0.933. The number of hydroxylamine groups is 1. The second-order valence-corrected chi connectivity index (χ2v) is 6.15. The first-order chi connectivity index (χ1) is 8.83. The number of rotatable bonds is 3. The molecule has 2 N–H and O–H groups in total. The van der Waals surface area contributed by atoms with Gasteiger partial charge in [0, 0.05) is 5.92 Å². The molecule has 1 amide bonds. The van der Waals surface area contributed by atoms with Gasteiger partial charge in [0.1, 0.15) is 0 Å². The van der Waals surface area contributed by atoms with Crippen molar-refractivity contribution < 1.29 is 10.0 Å². The molecule has 0 aliphatic heterocycles. The highest BCUT2D eigenvalue weighted by Crippen LogP contribution is 2.39. The summed E-state index contributed by atoms with van der Waals surface area (Å²) in [6.07, 6.45) is 13.7. The molecule has 0 bridgehead atoms. The second-order valence-electron chi connectivity index (χ2n) is 6.15. The van der Waals surface area contributed by atoms with Crippen LogP contribution in [0.1, 0.15) is 70.6 Å². The Bertz CT molecular complexity index is 253. The fourth-order valence-corrected chi connectivity index (χ4v) is 4.05. The average molecular weight is 253 g/mol. The van der Waals surface area contributed by atoms with Crippen LogP contribution in [0.5, 0.6) is 0 Å². The number of nitrogens with one attached hydrogen (secondary N) is 1. The molecule has 0 radical (unpaired) electrons. The molecule has 3 heteroatoms. The van der Waals surface area contributed by atoms with Gasteiger partial charge >= 0.3 is 0 Å². The zero-order valence-corrected chi connectivity index (χ0v) is 11.4. The van der Waals surface area contributed by atoms with Crippen LogP contribution in [-0.4, -0.2) is 11.1 Å². The summed E-state index contributed by atoms with van der Waals surface area (Å²) in [5.41, 5.74) is 1.94. The van der Waals surface area contributed by atoms with Crippen LogP contribution in [0, 0.1) is 17.8 Å². The van der Waals surface area contributed by atoms with Crippen LogP contribution in [0.4, 0.5) is 0 Å². The van der Waals surface area contributed by atoms with E-state index in [-0.39, 0.29) is 11.8 Å². The predicted octanol–water partition coefficient (Wildman–Crippen LogP) is 3.66. The maximum absolute atomic E-state index is 12.1. The van der Waals surface area contributed by atoms with Gasteiger partial charge in [0.15, 0.2) is 0 Å². The SMILES string of the molecule is O=C(NO)C(C1CCCCCC1)C1CCCCC1. The Labute approximate surface area is 110 Å². The van der Waals surface area contributed by atoms with Crippen molar-refractivity contribution in [1.29, 1.82) is 0 Å². The minimum atomic E-state index is -0.117. The molecule has 0 spiro atoms. The molecule has 1 atom stereocenters. The lowest BCUT2D eigenvalue weighted by Gasteiger charge is -2.34. The summed E-state index contributed by atoms with van der Waals surface area (Å²) in [5, 5.41) is 9.04. The number of carbonyl (C=O) groups is 1. The van der Waals surface area contributed by atoms with Crippen molar-refractivity contribution in [1.82, 2.24) is 5.48 Å². The summed E-state index contributed by atoms with van der Waals surface area (Å²) >= 11 is 0. The van der Waals surface area contributed by atoms with Gasteiger partial charge in [0.2, 0.25) is 5.91 Å². The molecular weight excluding hydrogens is 226 g/mol. The largest absolute Gasteiger partial charge is 0.289 e. The summed E-state index contributed by atoms with van der Waals surface area (Å²) in [7, 11) is 0. The Kier molecular flexibility index (Phi) is 5.48. The van der Waals surface area contributed by atoms with Crippen molar-refractivity contribution in [3.63, 3.8) is 0 Å². The van der Waals surface area contributed by atoms with Gasteiger partial charge in [0.05, 0.1) is 0 Å². The number of hydrogen-bond acceptors (Lipinski definition) is 2. The third kappa shape index (κ3) is 3.47. The molecular formula is C15H27NO2. The molecule has 2 saturated carbocycles. The minimum absolute atomic E-state index is 0.0633. The quantitative estimate of drug-likeness (QED) is 0.458. The monoisotopic (exact) mass is 253 g/mol. The first-order valence-corrected chi connectivity index (χ1v) is 7.77. The molecule has 0 saturated heterocycles. The Morgan fingerprint density at radius 3 is 1.61 bits per heavy atom. The molecule has 2 fully saturated rings. The maximum atomic E-state index is 12.1. The summed E-state index contributed by atoms with van der Waals surface area (Å²) in [5.74, 6) is 0.957. The second kappa shape index (κ2) is 7.13. The lowest BCUT2D eigenvalue weighted by molar-refractivity contribution is -0.138. The molecule has 2 rings (SSSR count). The highest BCUT2D eigenvalue weighted by molar-refractivity contribution is 5.78. The summed E-state index contributed by atoms with van der Waals surface area (Å²) in [6.45, 7) is 0. The highest BCUT2D eigenvalue weighted by atomic mass is 16.5. The lowest BCUT2D eigenvalue weighted by Crippen LogP contribution is -2.38. The van der Waals surface area contributed by atoms with Crippen molar-refractivity contribution in [2.75, 3.05) is 0 Å². The van der Waals surface area contributed by atoms with E-state index in [1.54, 1.807) is 0 Å². The van der Waals surface area contributed by atoms with E-state index >= 15 is 0 Å². The van der Waals surface area contributed by atoms with Crippen molar-refractivity contribution >= 4 is 5.91 Å². The van der Waals surface area contributed by atoms with Crippen LogP contribution in [0.25, 0.3) is 0 Å². The molecule has 18 heavy (non-hydrogen) atoms. The Hall–Kier alpha value is -0.570. The van der Waals surface area contributed by atoms with Crippen molar-refractivity contribution in [2.45, 2.75) is 70.6 Å². The Morgan fingerprint density at radius 1 is 0.833 bits per heavy atom. The topological polar surface area (TPSA) is 49.3 Å². The molecule has 0 aromatic heterocycles. The summed E-state index contributed by atoms with van der Waals surface area (Å²) in [6, 6.07) is 0. The average Bonchev–Trinajstić information content (AvgIpc) is 2.69. The van der Waals surface area contributed by atoms with Crippen molar-refractivity contribution in [2.24, 2.45) is 17.8 Å². The van der Waals surface area contributed by atoms with E-state index in [9.17, 15) is 4.79 Å². The molecule has 0 aromatic rings. The Balaban J connectivity index is 2.04. The zero-order chi connectivity index (χ0) is 12.8. The van der Waals surface area contributed by atoms with Crippen LogP contribution in [0.2, 0.25) is 0 Å². The lowest BCUT2D eigenvalue weighted by atomic mass is 9.71. The minimum Gasteiger partial charge on any atom is -0.289 e. The van der Waals surface area contributed by atoms with Crippen LogP contribution in [0.3, 0.4) is 0 Å². The van der Waals surface area contributed by atoms with Crippen LogP contribution < -0.4 is 5.48 Å². The van der Waals surface area contributed by atoms with Crippen LogP contribution >= 0.6 is 0 Å². The molecule has 0 aromatic carbocycles. The molecule has 1 unspecified atom stereocenters. The third-order valence-electron chi connectivity index (χ3n) is 4.98. The number of amides is 1. The van der Waals surface area contributed by atoms with Crippen LogP contribution in [-0.2, 0) is 4.79 Å². The van der Waals surface area contributed by atoms with E-state index in [1.807, 2.05) is 5.48 Å². The highest BCUT2D eigenvalue weighted by Gasteiger charge is 2.35. The van der Waals surface area contributed by atoms with E-state index < -0.39 is 0 Å². The van der Waals surface area contributed by atoms with Gasteiger partial charge in [-0.2, -0.15) is 0 Å². The smallest absolute Gasteiger partial charge is 0.246 e. The first kappa shape index (κ1) is 13.9. The molecule has 3 nitrogen and oxygen atoms in total. The van der Waals surface area contributed by atoms with E-state index in [0.717, 1.165) is 0 Å². The van der Waals surface area contributed by atoms with Gasteiger partial charge in [-0.3, -0.25) is 10.0 Å². The van der Waals surface area contributed by atoms with Gasteiger partial charge in [-0.25, -0.2) is 5.48 Å². The third-order valence-corrected chi connectivity index (χ3v) is 4.98. The van der Waals surface area contributed by atoms with E-state index in [1.165, 1.54) is 70.6 Å².